The van der Waals surface area contributed by atoms with Crippen molar-refractivity contribution in [3.8, 4) is 22.3 Å². The third-order valence-corrected chi connectivity index (χ3v) is 6.82. The lowest BCUT2D eigenvalue weighted by Gasteiger charge is -2.16. The smallest absolute Gasteiger partial charge is 0.335 e. The maximum atomic E-state index is 13.3. The molecule has 0 fully saturated rings. The molecule has 0 atom stereocenters. The Morgan fingerprint density at radius 1 is 0.769 bits per heavy atom. The number of ketones is 1. The Morgan fingerprint density at radius 3 is 2.26 bits per heavy atom. The summed E-state index contributed by atoms with van der Waals surface area (Å²) in [6.07, 6.45) is 1.62. The van der Waals surface area contributed by atoms with Gasteiger partial charge in [0.05, 0.1) is 28.2 Å². The van der Waals surface area contributed by atoms with E-state index >= 15 is 0 Å². The van der Waals surface area contributed by atoms with Crippen LogP contribution in [-0.4, -0.2) is 27.8 Å². The summed E-state index contributed by atoms with van der Waals surface area (Å²) in [5, 5.41) is 10.3. The van der Waals surface area contributed by atoms with Crippen molar-refractivity contribution in [3.05, 3.63) is 126 Å². The zero-order valence-electron chi connectivity index (χ0n) is 21.0. The van der Waals surface area contributed by atoms with E-state index in [4.69, 9.17) is 4.98 Å². The number of amides is 1. The quantitative estimate of drug-likeness (QED) is 0.267. The molecule has 5 aromatic rings. The predicted octanol–water partition coefficient (Wildman–Crippen LogP) is 6.86. The zero-order chi connectivity index (χ0) is 27.1. The number of para-hydroxylation sites is 1. The summed E-state index contributed by atoms with van der Waals surface area (Å²) < 4.78 is 0. The van der Waals surface area contributed by atoms with E-state index < -0.39 is 5.97 Å². The third-order valence-electron chi connectivity index (χ3n) is 6.82. The van der Waals surface area contributed by atoms with Gasteiger partial charge in [-0.25, -0.2) is 9.78 Å². The van der Waals surface area contributed by atoms with Crippen LogP contribution in [-0.2, 0) is 4.79 Å². The summed E-state index contributed by atoms with van der Waals surface area (Å²) in [5.74, 6) is -1.56. The highest BCUT2D eigenvalue weighted by Gasteiger charge is 2.34. The number of Topliss-reactive ketones (excluding diaryl/α,β-unsaturated/α-hetero) is 1. The predicted molar refractivity (Wildman–Crippen MR) is 151 cm³/mol. The number of hydrogen-bond donors (Lipinski definition) is 1. The second-order valence-corrected chi connectivity index (χ2v) is 9.31. The average Bonchev–Trinajstić information content (AvgIpc) is 3.24. The summed E-state index contributed by atoms with van der Waals surface area (Å²) in [5.41, 5.74) is 6.14. The molecule has 0 aliphatic carbocycles. The van der Waals surface area contributed by atoms with Crippen LogP contribution in [0.5, 0.6) is 0 Å². The number of aromatic carboxylic acids is 1. The van der Waals surface area contributed by atoms with Crippen molar-refractivity contribution in [2.75, 3.05) is 4.90 Å². The van der Waals surface area contributed by atoms with Crippen LogP contribution in [0.15, 0.2) is 109 Å². The van der Waals surface area contributed by atoms with Crippen LogP contribution in [0.2, 0.25) is 0 Å². The Hall–Kier alpha value is -5.36. The number of anilines is 1. The van der Waals surface area contributed by atoms with Gasteiger partial charge in [0.25, 0.3) is 0 Å². The summed E-state index contributed by atoms with van der Waals surface area (Å²) in [4.78, 5) is 43.8. The molecule has 0 saturated carbocycles. The van der Waals surface area contributed by atoms with E-state index in [1.807, 2.05) is 60.7 Å². The van der Waals surface area contributed by atoms with Gasteiger partial charge >= 0.3 is 5.97 Å². The number of carbonyl (C=O) groups excluding carboxylic acids is 2. The molecule has 1 N–H and O–H groups in total. The van der Waals surface area contributed by atoms with Crippen molar-refractivity contribution in [2.45, 2.75) is 6.92 Å². The highest BCUT2D eigenvalue weighted by atomic mass is 16.4. The van der Waals surface area contributed by atoms with Crippen molar-refractivity contribution in [2.24, 2.45) is 0 Å². The molecule has 6 rings (SSSR count). The standard InChI is InChI=1S/C33H22N2O4/c1-20(36)35-30-13-6-5-12-26(30)32(37)31(35)19-25-18-27(28-17-24(33(38)39)14-15-29(28)34-25)23-11-7-10-22(16-23)21-8-3-2-4-9-21/h2-19H,1H3,(H,38,39)/b31-19+. The number of carboxylic acid groups (broad SMARTS) is 1. The lowest BCUT2D eigenvalue weighted by atomic mass is 9.95. The second-order valence-electron chi connectivity index (χ2n) is 9.31. The van der Waals surface area contributed by atoms with E-state index in [0.717, 1.165) is 22.3 Å². The van der Waals surface area contributed by atoms with E-state index in [1.165, 1.54) is 17.9 Å². The molecule has 6 heteroatoms. The maximum absolute atomic E-state index is 13.3. The first kappa shape index (κ1) is 24.0. The van der Waals surface area contributed by atoms with Gasteiger partial charge in [-0.1, -0.05) is 60.7 Å². The number of rotatable bonds is 4. The molecule has 4 aromatic carbocycles. The number of allylic oxidation sites excluding steroid dienone is 1. The van der Waals surface area contributed by atoms with Gasteiger partial charge in [0.15, 0.2) is 0 Å². The Kier molecular flexibility index (Phi) is 5.85. The molecule has 2 heterocycles. The van der Waals surface area contributed by atoms with Crippen LogP contribution < -0.4 is 4.90 Å². The van der Waals surface area contributed by atoms with E-state index in [1.54, 1.807) is 42.5 Å². The molecule has 0 radical (unpaired) electrons. The second kappa shape index (κ2) is 9.50. The molecule has 0 unspecified atom stereocenters. The summed E-state index contributed by atoms with van der Waals surface area (Å²) in [6.45, 7) is 1.42. The summed E-state index contributed by atoms with van der Waals surface area (Å²) in [6, 6.07) is 31.6. The highest BCUT2D eigenvalue weighted by molar-refractivity contribution is 6.26. The number of pyridine rings is 1. The molecule has 6 nitrogen and oxygen atoms in total. The van der Waals surface area contributed by atoms with Crippen LogP contribution in [0.25, 0.3) is 39.2 Å². The molecule has 1 aliphatic heterocycles. The molecule has 0 spiro atoms. The Bertz CT molecular complexity index is 1840. The Balaban J connectivity index is 1.56. The van der Waals surface area contributed by atoms with Gasteiger partial charge in [-0.15, -0.1) is 0 Å². The van der Waals surface area contributed by atoms with Gasteiger partial charge < -0.3 is 5.11 Å². The molecule has 1 aromatic heterocycles. The van der Waals surface area contributed by atoms with Crippen LogP contribution in [0, 0.1) is 0 Å². The van der Waals surface area contributed by atoms with Crippen molar-refractivity contribution in [3.63, 3.8) is 0 Å². The van der Waals surface area contributed by atoms with Crippen molar-refractivity contribution < 1.29 is 19.5 Å². The van der Waals surface area contributed by atoms with E-state index in [-0.39, 0.29) is 23.0 Å². The lowest BCUT2D eigenvalue weighted by Crippen LogP contribution is -2.25. The van der Waals surface area contributed by atoms with Crippen LogP contribution >= 0.6 is 0 Å². The third kappa shape index (κ3) is 4.28. The van der Waals surface area contributed by atoms with E-state index in [2.05, 4.69) is 0 Å². The number of carboxylic acids is 1. The molecule has 39 heavy (non-hydrogen) atoms. The fourth-order valence-electron chi connectivity index (χ4n) is 5.03. The topological polar surface area (TPSA) is 87.6 Å². The molecule has 1 amide bonds. The Labute approximate surface area is 224 Å². The molecular weight excluding hydrogens is 488 g/mol. The number of fused-ring (bicyclic) bond motifs is 2. The fraction of sp³-hybridized carbons (Fsp3) is 0.0303. The molecule has 0 bridgehead atoms. The van der Waals surface area contributed by atoms with Gasteiger partial charge in [0.2, 0.25) is 11.7 Å². The van der Waals surface area contributed by atoms with Gasteiger partial charge in [0, 0.05) is 17.9 Å². The zero-order valence-corrected chi connectivity index (χ0v) is 21.0. The molecule has 0 saturated heterocycles. The van der Waals surface area contributed by atoms with E-state index in [9.17, 15) is 19.5 Å². The fourth-order valence-corrected chi connectivity index (χ4v) is 5.03. The normalized spacial score (nSPS) is 13.6. The van der Waals surface area contributed by atoms with Gasteiger partial charge in [0.1, 0.15) is 0 Å². The first-order valence-electron chi connectivity index (χ1n) is 12.4. The SMILES string of the molecule is CC(=O)N1/C(=C/c2cc(-c3cccc(-c4ccccc4)c3)c3cc(C(=O)O)ccc3n2)C(=O)c2ccccc21. The number of aromatic nitrogens is 1. The van der Waals surface area contributed by atoms with Crippen molar-refractivity contribution in [1.29, 1.82) is 0 Å². The Morgan fingerprint density at radius 2 is 1.49 bits per heavy atom. The molecular formula is C33H22N2O4. The summed E-state index contributed by atoms with van der Waals surface area (Å²) in [7, 11) is 0. The average molecular weight is 511 g/mol. The largest absolute Gasteiger partial charge is 0.478 e. The van der Waals surface area contributed by atoms with Crippen molar-refractivity contribution in [1.82, 2.24) is 4.98 Å². The lowest BCUT2D eigenvalue weighted by molar-refractivity contribution is -0.116. The van der Waals surface area contributed by atoms with Crippen LogP contribution in [0.1, 0.15) is 33.3 Å². The van der Waals surface area contributed by atoms with E-state index in [0.29, 0.717) is 27.8 Å². The summed E-state index contributed by atoms with van der Waals surface area (Å²) >= 11 is 0. The number of carbonyl (C=O) groups is 3. The number of benzene rings is 4. The van der Waals surface area contributed by atoms with Crippen LogP contribution in [0.3, 0.4) is 0 Å². The number of hydrogen-bond acceptors (Lipinski definition) is 4. The highest BCUT2D eigenvalue weighted by Crippen LogP contribution is 2.37. The maximum Gasteiger partial charge on any atom is 0.335 e. The van der Waals surface area contributed by atoms with Crippen molar-refractivity contribution >= 4 is 40.3 Å². The number of nitrogens with zero attached hydrogens (tertiary/aromatic N) is 2. The van der Waals surface area contributed by atoms with Gasteiger partial charge in [-0.05, 0) is 70.8 Å². The first-order valence-corrected chi connectivity index (χ1v) is 12.4. The molecule has 188 valence electrons. The molecule has 1 aliphatic rings. The van der Waals surface area contributed by atoms with Gasteiger partial charge in [-0.2, -0.15) is 0 Å². The monoisotopic (exact) mass is 510 g/mol. The first-order chi connectivity index (χ1) is 18.9. The van der Waals surface area contributed by atoms with Gasteiger partial charge in [-0.3, -0.25) is 14.5 Å². The van der Waals surface area contributed by atoms with Crippen LogP contribution in [0.4, 0.5) is 5.69 Å². The minimum Gasteiger partial charge on any atom is -0.478 e. The minimum absolute atomic E-state index is 0.153. The minimum atomic E-state index is -1.03.